The fourth-order valence-electron chi connectivity index (χ4n) is 2.23. The number of rotatable bonds is 5. The van der Waals surface area contributed by atoms with Gasteiger partial charge in [-0.1, -0.05) is 0 Å². The standard InChI is InChI=1S/C14H18F3NO2/c1-19-6-7-20-13-9-11(14(15,16)17)8-12(10-13)18-4-2-3-5-18/h8-10H,2-7H2,1H3. The highest BCUT2D eigenvalue weighted by Crippen LogP contribution is 2.36. The molecule has 0 atom stereocenters. The van der Waals surface area contributed by atoms with Crippen molar-refractivity contribution in [3.63, 3.8) is 0 Å². The Hall–Kier alpha value is -1.43. The molecule has 0 N–H and O–H groups in total. The smallest absolute Gasteiger partial charge is 0.416 e. The summed E-state index contributed by atoms with van der Waals surface area (Å²) in [5, 5.41) is 0. The minimum absolute atomic E-state index is 0.233. The summed E-state index contributed by atoms with van der Waals surface area (Å²) in [5.41, 5.74) is -0.0981. The molecule has 0 aliphatic carbocycles. The van der Waals surface area contributed by atoms with Crippen LogP contribution in [-0.2, 0) is 10.9 Å². The topological polar surface area (TPSA) is 21.7 Å². The zero-order valence-corrected chi connectivity index (χ0v) is 11.4. The Kier molecular flexibility index (Phi) is 4.75. The van der Waals surface area contributed by atoms with E-state index in [2.05, 4.69) is 0 Å². The van der Waals surface area contributed by atoms with Crippen LogP contribution in [0.5, 0.6) is 5.75 Å². The van der Waals surface area contributed by atoms with E-state index >= 15 is 0 Å². The number of benzene rings is 1. The van der Waals surface area contributed by atoms with Crippen LogP contribution >= 0.6 is 0 Å². The van der Waals surface area contributed by atoms with Gasteiger partial charge in [0.25, 0.3) is 0 Å². The third kappa shape index (κ3) is 3.79. The van der Waals surface area contributed by atoms with Crippen LogP contribution in [-0.4, -0.2) is 33.4 Å². The summed E-state index contributed by atoms with van der Waals surface area (Å²) >= 11 is 0. The zero-order valence-electron chi connectivity index (χ0n) is 11.4. The monoisotopic (exact) mass is 289 g/mol. The number of anilines is 1. The number of ether oxygens (including phenoxy) is 2. The van der Waals surface area contributed by atoms with Gasteiger partial charge in [-0.3, -0.25) is 0 Å². The molecule has 1 saturated heterocycles. The van der Waals surface area contributed by atoms with Crippen molar-refractivity contribution in [1.29, 1.82) is 0 Å². The Bertz CT molecular complexity index is 443. The molecule has 112 valence electrons. The highest BCUT2D eigenvalue weighted by atomic mass is 19.4. The summed E-state index contributed by atoms with van der Waals surface area (Å²) in [4.78, 5) is 1.96. The minimum Gasteiger partial charge on any atom is -0.491 e. The second kappa shape index (κ2) is 6.35. The van der Waals surface area contributed by atoms with Crippen molar-refractivity contribution in [3.05, 3.63) is 23.8 Å². The molecule has 0 radical (unpaired) electrons. The number of methoxy groups -OCH3 is 1. The Morgan fingerprint density at radius 2 is 1.80 bits per heavy atom. The Morgan fingerprint density at radius 1 is 1.10 bits per heavy atom. The zero-order chi connectivity index (χ0) is 14.6. The van der Waals surface area contributed by atoms with Crippen LogP contribution in [0.4, 0.5) is 18.9 Å². The molecule has 1 aromatic rings. The van der Waals surface area contributed by atoms with E-state index in [0.717, 1.165) is 32.0 Å². The first-order chi connectivity index (χ1) is 9.50. The van der Waals surface area contributed by atoms with Crippen molar-refractivity contribution in [1.82, 2.24) is 0 Å². The van der Waals surface area contributed by atoms with E-state index < -0.39 is 11.7 Å². The Morgan fingerprint density at radius 3 is 2.40 bits per heavy atom. The molecule has 1 heterocycles. The predicted molar refractivity (Wildman–Crippen MR) is 70.3 cm³/mol. The quantitative estimate of drug-likeness (QED) is 0.776. The fourth-order valence-corrected chi connectivity index (χ4v) is 2.23. The van der Waals surface area contributed by atoms with Gasteiger partial charge >= 0.3 is 6.18 Å². The molecular weight excluding hydrogens is 271 g/mol. The Labute approximate surface area is 116 Å². The second-order valence-electron chi connectivity index (χ2n) is 4.75. The lowest BCUT2D eigenvalue weighted by Gasteiger charge is -2.20. The molecule has 1 aliphatic heterocycles. The summed E-state index contributed by atoms with van der Waals surface area (Å²) in [6.45, 7) is 2.16. The van der Waals surface area contributed by atoms with Gasteiger partial charge in [0, 0.05) is 32.0 Å². The van der Waals surface area contributed by atoms with E-state index in [9.17, 15) is 13.2 Å². The molecule has 0 saturated carbocycles. The number of hydrogen-bond donors (Lipinski definition) is 0. The maximum absolute atomic E-state index is 12.9. The fraction of sp³-hybridized carbons (Fsp3) is 0.571. The maximum Gasteiger partial charge on any atom is 0.416 e. The van der Waals surface area contributed by atoms with Gasteiger partial charge in [-0.15, -0.1) is 0 Å². The first kappa shape index (κ1) is 15.0. The van der Waals surface area contributed by atoms with Crippen LogP contribution < -0.4 is 9.64 Å². The van der Waals surface area contributed by atoms with Crippen LogP contribution in [0.3, 0.4) is 0 Å². The molecular formula is C14H18F3NO2. The molecule has 3 nitrogen and oxygen atoms in total. The number of hydrogen-bond acceptors (Lipinski definition) is 3. The molecule has 0 unspecified atom stereocenters. The summed E-state index contributed by atoms with van der Waals surface area (Å²) in [6, 6.07) is 3.89. The summed E-state index contributed by atoms with van der Waals surface area (Å²) < 4.78 is 48.9. The van der Waals surface area contributed by atoms with Crippen molar-refractivity contribution < 1.29 is 22.6 Å². The van der Waals surface area contributed by atoms with Crippen molar-refractivity contribution in [2.75, 3.05) is 38.3 Å². The summed E-state index contributed by atoms with van der Waals surface area (Å²) in [6.07, 6.45) is -2.35. The molecule has 20 heavy (non-hydrogen) atoms. The van der Waals surface area contributed by atoms with E-state index in [1.54, 1.807) is 6.07 Å². The third-order valence-electron chi connectivity index (χ3n) is 3.25. The van der Waals surface area contributed by atoms with E-state index in [4.69, 9.17) is 9.47 Å². The number of alkyl halides is 3. The van der Waals surface area contributed by atoms with Gasteiger partial charge in [0.15, 0.2) is 0 Å². The first-order valence-corrected chi connectivity index (χ1v) is 6.59. The van der Waals surface area contributed by atoms with Gasteiger partial charge in [-0.25, -0.2) is 0 Å². The lowest BCUT2D eigenvalue weighted by atomic mass is 10.1. The molecule has 6 heteroatoms. The largest absolute Gasteiger partial charge is 0.491 e. The van der Waals surface area contributed by atoms with E-state index in [-0.39, 0.29) is 12.4 Å². The van der Waals surface area contributed by atoms with Gasteiger partial charge in [0.1, 0.15) is 12.4 Å². The average Bonchev–Trinajstić information content (AvgIpc) is 2.91. The van der Waals surface area contributed by atoms with Crippen LogP contribution in [0.1, 0.15) is 18.4 Å². The van der Waals surface area contributed by atoms with E-state index in [1.807, 2.05) is 4.90 Å². The minimum atomic E-state index is -4.37. The molecule has 1 aromatic carbocycles. The van der Waals surface area contributed by atoms with Crippen molar-refractivity contribution in [3.8, 4) is 5.75 Å². The van der Waals surface area contributed by atoms with Gasteiger partial charge < -0.3 is 14.4 Å². The number of halogens is 3. The van der Waals surface area contributed by atoms with Gasteiger partial charge in [-0.2, -0.15) is 13.2 Å². The Balaban J connectivity index is 2.23. The average molecular weight is 289 g/mol. The van der Waals surface area contributed by atoms with Crippen molar-refractivity contribution in [2.24, 2.45) is 0 Å². The van der Waals surface area contributed by atoms with Crippen LogP contribution in [0.25, 0.3) is 0 Å². The van der Waals surface area contributed by atoms with Gasteiger partial charge in [0.05, 0.1) is 12.2 Å². The molecule has 0 spiro atoms. The lowest BCUT2D eigenvalue weighted by molar-refractivity contribution is -0.137. The molecule has 0 bridgehead atoms. The van der Waals surface area contributed by atoms with Gasteiger partial charge in [0.2, 0.25) is 0 Å². The molecule has 1 fully saturated rings. The predicted octanol–water partition coefficient (Wildman–Crippen LogP) is 3.33. The van der Waals surface area contributed by atoms with Crippen LogP contribution in [0, 0.1) is 0 Å². The summed E-state index contributed by atoms with van der Waals surface area (Å²) in [7, 11) is 1.52. The van der Waals surface area contributed by atoms with Crippen LogP contribution in [0.2, 0.25) is 0 Å². The normalized spacial score (nSPS) is 15.7. The van der Waals surface area contributed by atoms with Crippen LogP contribution in [0.15, 0.2) is 18.2 Å². The maximum atomic E-state index is 12.9. The van der Waals surface area contributed by atoms with Crippen molar-refractivity contribution >= 4 is 5.69 Å². The van der Waals surface area contributed by atoms with Gasteiger partial charge in [-0.05, 0) is 25.0 Å². The first-order valence-electron chi connectivity index (χ1n) is 6.59. The van der Waals surface area contributed by atoms with E-state index in [0.29, 0.717) is 12.3 Å². The highest BCUT2D eigenvalue weighted by molar-refractivity contribution is 5.54. The second-order valence-corrected chi connectivity index (χ2v) is 4.75. The molecule has 0 aromatic heterocycles. The molecule has 2 rings (SSSR count). The van der Waals surface area contributed by atoms with Crippen molar-refractivity contribution in [2.45, 2.75) is 19.0 Å². The van der Waals surface area contributed by atoms with E-state index in [1.165, 1.54) is 13.2 Å². The molecule has 0 amide bonds. The lowest BCUT2D eigenvalue weighted by Crippen LogP contribution is -2.19. The third-order valence-corrected chi connectivity index (χ3v) is 3.25. The summed E-state index contributed by atoms with van der Waals surface area (Å²) in [5.74, 6) is 0.235. The highest BCUT2D eigenvalue weighted by Gasteiger charge is 2.32. The number of nitrogens with zero attached hydrogens (tertiary/aromatic N) is 1. The molecule has 1 aliphatic rings. The SMILES string of the molecule is COCCOc1cc(N2CCCC2)cc(C(F)(F)F)c1.